The van der Waals surface area contributed by atoms with E-state index in [1.54, 1.807) is 31.0 Å². The molecule has 48 heavy (non-hydrogen) atoms. The summed E-state index contributed by atoms with van der Waals surface area (Å²) in [7, 11) is 0. The third kappa shape index (κ3) is 9.81. The van der Waals surface area contributed by atoms with Gasteiger partial charge in [-0.1, -0.05) is 24.3 Å². The molecule has 7 rings (SSSR count). The van der Waals surface area contributed by atoms with E-state index in [1.807, 2.05) is 91.9 Å². The molecule has 0 aromatic carbocycles. The minimum Gasteiger partial charge on any atom is -0.325 e. The van der Waals surface area contributed by atoms with Gasteiger partial charge in [0, 0.05) is 50.0 Å². The van der Waals surface area contributed by atoms with E-state index in [-0.39, 0.29) is 37.9 Å². The minimum absolute atomic E-state index is 0. The number of imide groups is 1. The van der Waals surface area contributed by atoms with Crippen LogP contribution in [0, 0.1) is 6.92 Å². The summed E-state index contributed by atoms with van der Waals surface area (Å²) in [4.78, 5) is 65.1. The molecular formula is C36H29N7O4Ru+2. The van der Waals surface area contributed by atoms with Gasteiger partial charge >= 0.3 is 25.4 Å². The van der Waals surface area contributed by atoms with E-state index in [0.29, 0.717) is 16.5 Å². The van der Waals surface area contributed by atoms with Crippen LogP contribution < -0.4 is 0 Å². The second-order valence-corrected chi connectivity index (χ2v) is 9.97. The maximum Gasteiger partial charge on any atom is 2.00 e. The van der Waals surface area contributed by atoms with Gasteiger partial charge in [-0.15, -0.1) is 5.06 Å². The van der Waals surface area contributed by atoms with Crippen molar-refractivity contribution in [3.05, 3.63) is 145 Å². The van der Waals surface area contributed by atoms with Gasteiger partial charge in [0.05, 0.1) is 39.7 Å². The van der Waals surface area contributed by atoms with Crippen LogP contribution in [0.5, 0.6) is 0 Å². The Hall–Kier alpha value is -5.87. The Balaban J connectivity index is 0.000000176. The SMILES string of the molecule is Cc1ccnc(-c2cc(C(=O)ON3C(=O)CCC3=O)ccn2)c1.[Ru+2].c1ccc(-c2ccccn2)nc1.c1ccc(-c2ccccn2)nc1. The number of rotatable bonds is 5. The molecule has 0 atom stereocenters. The molecule has 11 nitrogen and oxygen atoms in total. The maximum absolute atomic E-state index is 12.1. The summed E-state index contributed by atoms with van der Waals surface area (Å²) in [6.45, 7) is 1.92. The summed E-state index contributed by atoms with van der Waals surface area (Å²) in [5, 5.41) is 0.521. The number of hydrogen-bond acceptors (Lipinski definition) is 10. The van der Waals surface area contributed by atoms with Crippen LogP contribution in [0.2, 0.25) is 0 Å². The first-order valence-electron chi connectivity index (χ1n) is 14.6. The Labute approximate surface area is 289 Å². The molecule has 1 aliphatic heterocycles. The van der Waals surface area contributed by atoms with Crippen molar-refractivity contribution in [2.45, 2.75) is 19.8 Å². The molecule has 2 amide bonds. The molecule has 1 aliphatic rings. The smallest absolute Gasteiger partial charge is 0.325 e. The molecule has 0 N–H and O–H groups in total. The van der Waals surface area contributed by atoms with E-state index in [9.17, 15) is 14.4 Å². The Morgan fingerprint density at radius 2 is 0.938 bits per heavy atom. The summed E-state index contributed by atoms with van der Waals surface area (Å²) in [5.41, 5.74) is 5.98. The first kappa shape index (κ1) is 35.0. The van der Waals surface area contributed by atoms with Crippen molar-refractivity contribution >= 4 is 17.8 Å². The number of hydroxylamine groups is 2. The van der Waals surface area contributed by atoms with Crippen molar-refractivity contribution < 1.29 is 38.7 Å². The van der Waals surface area contributed by atoms with Crippen molar-refractivity contribution in [1.29, 1.82) is 0 Å². The summed E-state index contributed by atoms with van der Waals surface area (Å²) in [6, 6.07) is 29.8. The van der Waals surface area contributed by atoms with Gasteiger partial charge in [0.25, 0.3) is 11.8 Å². The number of aromatic nitrogens is 6. The predicted molar refractivity (Wildman–Crippen MR) is 174 cm³/mol. The van der Waals surface area contributed by atoms with Crippen molar-refractivity contribution in [2.24, 2.45) is 0 Å². The number of carbonyl (C=O) groups excluding carboxylic acids is 3. The standard InChI is InChI=1S/C16H13N3O4.2C10H8N2.Ru/c1-10-4-6-17-12(8-10)13-9-11(5-7-18-13)16(22)23-19-14(20)2-3-15(19)21;2*1-3-7-11-9(5-1)10-6-2-4-8-12-10;/h4-9H,2-3H2,1H3;2*1-8H;/q;;;+2. The molecule has 1 saturated heterocycles. The van der Waals surface area contributed by atoms with Crippen LogP contribution in [0.4, 0.5) is 0 Å². The molecule has 0 aliphatic carbocycles. The van der Waals surface area contributed by atoms with E-state index in [0.717, 1.165) is 28.3 Å². The van der Waals surface area contributed by atoms with Crippen molar-refractivity contribution in [3.8, 4) is 34.2 Å². The predicted octanol–water partition coefficient (Wildman–Crippen LogP) is 5.96. The van der Waals surface area contributed by atoms with E-state index >= 15 is 0 Å². The van der Waals surface area contributed by atoms with Crippen LogP contribution in [-0.2, 0) is 33.9 Å². The average Bonchev–Trinajstić information content (AvgIpc) is 3.46. The quantitative estimate of drug-likeness (QED) is 0.155. The zero-order valence-corrected chi connectivity index (χ0v) is 27.5. The largest absolute Gasteiger partial charge is 2.00 e. The Bertz CT molecular complexity index is 1770. The Morgan fingerprint density at radius 1 is 0.542 bits per heavy atom. The molecule has 0 radical (unpaired) electrons. The van der Waals surface area contributed by atoms with Gasteiger partial charge in [-0.25, -0.2) is 4.79 Å². The van der Waals surface area contributed by atoms with E-state index in [2.05, 4.69) is 29.9 Å². The molecule has 1 fully saturated rings. The number of aryl methyl sites for hydroxylation is 1. The zero-order valence-electron chi connectivity index (χ0n) is 25.7. The third-order valence-electron chi connectivity index (χ3n) is 6.54. The van der Waals surface area contributed by atoms with Crippen LogP contribution >= 0.6 is 0 Å². The van der Waals surface area contributed by atoms with Crippen LogP contribution in [0.1, 0.15) is 28.8 Å². The van der Waals surface area contributed by atoms with E-state index in [1.165, 1.54) is 18.3 Å². The van der Waals surface area contributed by atoms with Gasteiger partial charge in [-0.05, 0) is 85.3 Å². The molecule has 0 saturated carbocycles. The Kier molecular flexibility index (Phi) is 12.9. The van der Waals surface area contributed by atoms with Crippen molar-refractivity contribution in [3.63, 3.8) is 0 Å². The molecule has 6 aromatic rings. The fourth-order valence-corrected chi connectivity index (χ4v) is 4.22. The van der Waals surface area contributed by atoms with Gasteiger partial charge in [-0.2, -0.15) is 0 Å². The average molecular weight is 725 g/mol. The normalized spacial score (nSPS) is 11.6. The van der Waals surface area contributed by atoms with E-state index < -0.39 is 17.8 Å². The summed E-state index contributed by atoms with van der Waals surface area (Å²) >= 11 is 0. The zero-order chi connectivity index (χ0) is 32.8. The van der Waals surface area contributed by atoms with Crippen LogP contribution in [0.3, 0.4) is 0 Å². The fourth-order valence-electron chi connectivity index (χ4n) is 4.22. The molecule has 6 aromatic heterocycles. The molecule has 7 heterocycles. The topological polar surface area (TPSA) is 141 Å². The monoisotopic (exact) mass is 725 g/mol. The minimum atomic E-state index is -0.787. The van der Waals surface area contributed by atoms with Crippen LogP contribution in [0.15, 0.2) is 134 Å². The first-order valence-corrected chi connectivity index (χ1v) is 14.6. The number of pyridine rings is 6. The van der Waals surface area contributed by atoms with E-state index in [4.69, 9.17) is 4.84 Å². The second kappa shape index (κ2) is 17.7. The summed E-state index contributed by atoms with van der Waals surface area (Å²) in [6.07, 6.45) is 10.3. The third-order valence-corrected chi connectivity index (χ3v) is 6.54. The molecular weight excluding hydrogens is 696 g/mol. The summed E-state index contributed by atoms with van der Waals surface area (Å²) < 4.78 is 0. The van der Waals surface area contributed by atoms with Gasteiger partial charge in [0.2, 0.25) is 0 Å². The first-order chi connectivity index (χ1) is 23.0. The van der Waals surface area contributed by atoms with Crippen LogP contribution in [-0.4, -0.2) is 52.8 Å². The van der Waals surface area contributed by atoms with Crippen molar-refractivity contribution in [1.82, 2.24) is 35.0 Å². The van der Waals surface area contributed by atoms with Crippen LogP contribution in [0.25, 0.3) is 34.2 Å². The molecule has 12 heteroatoms. The molecule has 0 unspecified atom stereocenters. The molecule has 0 bridgehead atoms. The van der Waals surface area contributed by atoms with Gasteiger partial charge in [-0.3, -0.25) is 39.5 Å². The van der Waals surface area contributed by atoms with Gasteiger partial charge < -0.3 is 4.84 Å². The number of amides is 2. The number of hydrogen-bond donors (Lipinski definition) is 0. The summed E-state index contributed by atoms with van der Waals surface area (Å²) in [5.74, 6) is -1.82. The fraction of sp³-hybridized carbons (Fsp3) is 0.0833. The maximum atomic E-state index is 12.1. The number of carbonyl (C=O) groups is 3. The number of nitrogens with zero attached hydrogens (tertiary/aromatic N) is 7. The van der Waals surface area contributed by atoms with Gasteiger partial charge in [0.15, 0.2) is 0 Å². The van der Waals surface area contributed by atoms with Crippen molar-refractivity contribution in [2.75, 3.05) is 0 Å². The van der Waals surface area contributed by atoms with Gasteiger partial charge in [0.1, 0.15) is 0 Å². The Morgan fingerprint density at radius 3 is 1.33 bits per heavy atom. The molecule has 238 valence electrons. The second-order valence-electron chi connectivity index (χ2n) is 9.97. The molecule has 0 spiro atoms.